The number of esters is 1. The smallest absolute Gasteiger partial charge is 0.309 e. The van der Waals surface area contributed by atoms with Crippen LogP contribution in [-0.2, 0) is 9.53 Å². The van der Waals surface area contributed by atoms with Crippen LogP contribution in [0.4, 0.5) is 5.82 Å². The van der Waals surface area contributed by atoms with Gasteiger partial charge in [-0.05, 0) is 38.8 Å². The van der Waals surface area contributed by atoms with Gasteiger partial charge in [-0.15, -0.1) is 0 Å². The first-order valence-corrected chi connectivity index (χ1v) is 9.93. The van der Waals surface area contributed by atoms with Crippen LogP contribution in [0.15, 0.2) is 47.1 Å². The van der Waals surface area contributed by atoms with Crippen molar-refractivity contribution in [3.63, 3.8) is 0 Å². The largest absolute Gasteiger partial charge is 0.466 e. The Balaban J connectivity index is 1.41. The molecule has 1 fully saturated rings. The van der Waals surface area contributed by atoms with E-state index in [1.807, 2.05) is 50.2 Å². The Hall–Kier alpha value is -3.22. The molecule has 0 spiro atoms. The van der Waals surface area contributed by atoms with Crippen molar-refractivity contribution in [1.29, 1.82) is 0 Å². The number of carbonyl (C=O) groups is 1. The first-order chi connectivity index (χ1) is 14.1. The summed E-state index contributed by atoms with van der Waals surface area (Å²) in [6.07, 6.45) is 3.32. The predicted molar refractivity (Wildman–Crippen MR) is 109 cm³/mol. The summed E-state index contributed by atoms with van der Waals surface area (Å²) in [5, 5.41) is 4.08. The molecule has 0 aliphatic carbocycles. The van der Waals surface area contributed by atoms with Crippen molar-refractivity contribution in [1.82, 2.24) is 15.1 Å². The van der Waals surface area contributed by atoms with Crippen LogP contribution in [0, 0.1) is 12.8 Å². The Kier molecular flexibility index (Phi) is 5.55. The van der Waals surface area contributed by atoms with Gasteiger partial charge in [0.05, 0.1) is 18.1 Å². The molecule has 3 heterocycles. The molecule has 29 heavy (non-hydrogen) atoms. The lowest BCUT2D eigenvalue weighted by Gasteiger charge is -2.31. The highest BCUT2D eigenvalue weighted by Gasteiger charge is 2.26. The summed E-state index contributed by atoms with van der Waals surface area (Å²) >= 11 is 0. The summed E-state index contributed by atoms with van der Waals surface area (Å²) in [5.41, 5.74) is 2.88. The second-order valence-electron chi connectivity index (χ2n) is 7.21. The van der Waals surface area contributed by atoms with E-state index >= 15 is 0 Å². The van der Waals surface area contributed by atoms with Crippen LogP contribution >= 0.6 is 0 Å². The number of hydrogen-bond acceptors (Lipinski definition) is 7. The molecule has 7 nitrogen and oxygen atoms in total. The Morgan fingerprint density at radius 3 is 2.52 bits per heavy atom. The van der Waals surface area contributed by atoms with Crippen LogP contribution < -0.4 is 4.90 Å². The van der Waals surface area contributed by atoms with Crippen molar-refractivity contribution in [2.75, 3.05) is 24.6 Å². The first-order valence-electron chi connectivity index (χ1n) is 9.93. The highest BCUT2D eigenvalue weighted by Crippen LogP contribution is 2.26. The highest BCUT2D eigenvalue weighted by atomic mass is 16.5. The molecule has 1 aliphatic heterocycles. The van der Waals surface area contributed by atoms with Gasteiger partial charge in [-0.3, -0.25) is 4.79 Å². The fourth-order valence-corrected chi connectivity index (χ4v) is 3.46. The quantitative estimate of drug-likeness (QED) is 0.609. The molecule has 2 aromatic heterocycles. The number of aryl methyl sites for hydroxylation is 1. The standard InChI is InChI=1S/C22H24N4O3/c1-3-28-22(27)17-10-12-26(13-11-17)19-9-8-18(14-23-19)21-24-20(25-29-21)16-6-4-15(2)5-7-16/h4-9,14,17H,3,10-13H2,1-2H3. The topological polar surface area (TPSA) is 81.4 Å². The van der Waals surface area contributed by atoms with E-state index in [0.29, 0.717) is 18.3 Å². The summed E-state index contributed by atoms with van der Waals surface area (Å²) in [4.78, 5) is 23.1. The number of benzene rings is 1. The van der Waals surface area contributed by atoms with E-state index in [9.17, 15) is 4.79 Å². The minimum absolute atomic E-state index is 0.0101. The van der Waals surface area contributed by atoms with E-state index in [1.165, 1.54) is 5.56 Å². The average Bonchev–Trinajstić information content (AvgIpc) is 3.25. The number of nitrogens with zero attached hydrogens (tertiary/aromatic N) is 4. The minimum atomic E-state index is -0.0868. The highest BCUT2D eigenvalue weighted by molar-refractivity contribution is 5.72. The van der Waals surface area contributed by atoms with Gasteiger partial charge in [0.1, 0.15) is 5.82 Å². The van der Waals surface area contributed by atoms with Crippen molar-refractivity contribution >= 4 is 11.8 Å². The van der Waals surface area contributed by atoms with E-state index in [-0.39, 0.29) is 11.9 Å². The number of anilines is 1. The van der Waals surface area contributed by atoms with Crippen LogP contribution in [0.5, 0.6) is 0 Å². The monoisotopic (exact) mass is 392 g/mol. The number of piperidine rings is 1. The molecular formula is C22H24N4O3. The zero-order chi connectivity index (χ0) is 20.2. The molecule has 7 heteroatoms. The lowest BCUT2D eigenvalue weighted by atomic mass is 9.97. The van der Waals surface area contributed by atoms with Crippen molar-refractivity contribution in [3.8, 4) is 22.8 Å². The Labute approximate surface area is 169 Å². The third-order valence-corrected chi connectivity index (χ3v) is 5.17. The molecule has 1 saturated heterocycles. The van der Waals surface area contributed by atoms with E-state index in [0.717, 1.165) is 42.9 Å². The van der Waals surface area contributed by atoms with Gasteiger partial charge < -0.3 is 14.2 Å². The van der Waals surface area contributed by atoms with Crippen molar-refractivity contribution in [2.24, 2.45) is 5.92 Å². The van der Waals surface area contributed by atoms with Crippen LogP contribution in [0.2, 0.25) is 0 Å². The molecule has 150 valence electrons. The first kappa shape index (κ1) is 19.1. The zero-order valence-corrected chi connectivity index (χ0v) is 16.7. The summed E-state index contributed by atoms with van der Waals surface area (Å²) in [5.74, 6) is 1.79. The van der Waals surface area contributed by atoms with E-state index in [2.05, 4.69) is 20.0 Å². The van der Waals surface area contributed by atoms with Crippen LogP contribution in [0.1, 0.15) is 25.3 Å². The molecule has 3 aromatic rings. The maximum absolute atomic E-state index is 11.9. The molecule has 1 aromatic carbocycles. The number of pyridine rings is 1. The molecule has 0 atom stereocenters. The van der Waals surface area contributed by atoms with Crippen molar-refractivity contribution < 1.29 is 14.1 Å². The molecule has 1 aliphatic rings. The van der Waals surface area contributed by atoms with Gasteiger partial charge in [0.15, 0.2) is 0 Å². The number of ether oxygens (including phenoxy) is 1. The fraction of sp³-hybridized carbons (Fsp3) is 0.364. The summed E-state index contributed by atoms with van der Waals surface area (Å²) in [6.45, 7) is 5.88. The van der Waals surface area contributed by atoms with Gasteiger partial charge >= 0.3 is 5.97 Å². The second-order valence-corrected chi connectivity index (χ2v) is 7.21. The Morgan fingerprint density at radius 1 is 1.14 bits per heavy atom. The number of rotatable bonds is 5. The average molecular weight is 392 g/mol. The summed E-state index contributed by atoms with van der Waals surface area (Å²) in [6, 6.07) is 11.9. The normalized spacial score (nSPS) is 14.8. The molecular weight excluding hydrogens is 368 g/mol. The van der Waals surface area contributed by atoms with Gasteiger partial charge in [0, 0.05) is 24.8 Å². The molecule has 0 unspecified atom stereocenters. The number of hydrogen-bond donors (Lipinski definition) is 0. The van der Waals surface area contributed by atoms with E-state index in [1.54, 1.807) is 6.20 Å². The second kappa shape index (κ2) is 8.43. The van der Waals surface area contributed by atoms with E-state index < -0.39 is 0 Å². The molecule has 0 radical (unpaired) electrons. The van der Waals surface area contributed by atoms with Gasteiger partial charge in [0.2, 0.25) is 5.82 Å². The molecule has 0 saturated carbocycles. The van der Waals surface area contributed by atoms with Gasteiger partial charge in [-0.25, -0.2) is 4.98 Å². The maximum Gasteiger partial charge on any atom is 0.309 e. The van der Waals surface area contributed by atoms with E-state index in [4.69, 9.17) is 9.26 Å². The SMILES string of the molecule is CCOC(=O)C1CCN(c2ccc(-c3nc(-c4ccc(C)cc4)no3)cn2)CC1. The molecule has 0 bridgehead atoms. The summed E-state index contributed by atoms with van der Waals surface area (Å²) < 4.78 is 10.5. The molecule has 4 rings (SSSR count). The van der Waals surface area contributed by atoms with Crippen LogP contribution in [0.3, 0.4) is 0 Å². The zero-order valence-electron chi connectivity index (χ0n) is 16.7. The maximum atomic E-state index is 11.9. The number of aromatic nitrogens is 3. The van der Waals surface area contributed by atoms with Crippen molar-refractivity contribution in [3.05, 3.63) is 48.2 Å². The Morgan fingerprint density at radius 2 is 1.86 bits per heavy atom. The molecule has 0 amide bonds. The molecule has 0 N–H and O–H groups in total. The van der Waals surface area contributed by atoms with Crippen molar-refractivity contribution in [2.45, 2.75) is 26.7 Å². The van der Waals surface area contributed by atoms with Gasteiger partial charge in [-0.2, -0.15) is 4.98 Å². The third-order valence-electron chi connectivity index (χ3n) is 5.17. The minimum Gasteiger partial charge on any atom is -0.466 e. The number of carbonyl (C=O) groups excluding carboxylic acids is 1. The lowest BCUT2D eigenvalue weighted by molar-refractivity contribution is -0.148. The van der Waals surface area contributed by atoms with Gasteiger partial charge in [-0.1, -0.05) is 35.0 Å². The Bertz CT molecular complexity index is 958. The van der Waals surface area contributed by atoms with Crippen LogP contribution in [0.25, 0.3) is 22.8 Å². The van der Waals surface area contributed by atoms with Crippen LogP contribution in [-0.4, -0.2) is 40.8 Å². The predicted octanol–water partition coefficient (Wildman–Crippen LogP) is 3.89. The summed E-state index contributed by atoms with van der Waals surface area (Å²) in [7, 11) is 0. The fourth-order valence-electron chi connectivity index (χ4n) is 3.46. The lowest BCUT2D eigenvalue weighted by Crippen LogP contribution is -2.37. The van der Waals surface area contributed by atoms with Gasteiger partial charge in [0.25, 0.3) is 5.89 Å². The third kappa shape index (κ3) is 4.29.